The van der Waals surface area contributed by atoms with E-state index in [1.807, 2.05) is 0 Å². The van der Waals surface area contributed by atoms with E-state index in [0.29, 0.717) is 185 Å². The summed E-state index contributed by atoms with van der Waals surface area (Å²) in [6.07, 6.45) is 26.8. The minimum atomic E-state index is 0.509. The molecule has 0 bridgehead atoms. The van der Waals surface area contributed by atoms with Crippen molar-refractivity contribution in [1.29, 1.82) is 0 Å². The molecule has 0 unspecified atom stereocenters. The van der Waals surface area contributed by atoms with Crippen molar-refractivity contribution in [2.24, 2.45) is 0 Å². The Kier molecular flexibility index (Phi) is 64.8. The summed E-state index contributed by atoms with van der Waals surface area (Å²) in [6, 6.07) is 0. The van der Waals surface area contributed by atoms with Crippen LogP contribution in [0.15, 0.2) is 0 Å². The van der Waals surface area contributed by atoms with E-state index >= 15 is 0 Å². The molecule has 0 saturated carbocycles. The first-order chi connectivity index (χ1) is 33.4. The van der Waals surface area contributed by atoms with Gasteiger partial charge in [0.2, 0.25) is 0 Å². The van der Waals surface area contributed by atoms with Crippen LogP contribution in [0.5, 0.6) is 0 Å². The number of rotatable bonds is 64. The Morgan fingerprint density at radius 1 is 0.119 bits per heavy atom. The summed E-state index contributed by atoms with van der Waals surface area (Å²) in [4.78, 5) is 0. The summed E-state index contributed by atoms with van der Waals surface area (Å²) >= 11 is 0. The fraction of sp³-hybridized carbons (Fsp3) is 1.00. The quantitative estimate of drug-likeness (QED) is 0.0536. The fourth-order valence-corrected chi connectivity index (χ4v) is 6.56. The van der Waals surface area contributed by atoms with E-state index in [4.69, 9.17) is 71.1 Å². The Morgan fingerprint density at radius 3 is 0.358 bits per heavy atom. The highest BCUT2D eigenvalue weighted by Gasteiger charge is 1.99. The third kappa shape index (κ3) is 65.4. The third-order valence-corrected chi connectivity index (χ3v) is 10.5. The predicted molar refractivity (Wildman–Crippen MR) is 266 cm³/mol. The first kappa shape index (κ1) is 66.4. The Labute approximate surface area is 410 Å². The molecular weight excluding hydrogens is 865 g/mol. The summed E-state index contributed by atoms with van der Waals surface area (Å²) in [6.45, 7) is 21.4. The molecule has 0 aliphatic heterocycles. The van der Waals surface area contributed by atoms with Gasteiger partial charge >= 0.3 is 0 Å². The highest BCUT2D eigenvalue weighted by molar-refractivity contribution is 4.49. The largest absolute Gasteiger partial charge is 0.379 e. The van der Waals surface area contributed by atoms with Gasteiger partial charge in [-0.05, 0) is 12.8 Å². The molecule has 0 fully saturated rings. The van der Waals surface area contributed by atoms with Crippen LogP contribution in [0.4, 0.5) is 0 Å². The molecule has 0 spiro atoms. The second-order valence-corrected chi connectivity index (χ2v) is 16.5. The van der Waals surface area contributed by atoms with Crippen LogP contribution in [0.25, 0.3) is 0 Å². The molecule has 0 aromatic rings. The molecule has 404 valence electrons. The van der Waals surface area contributed by atoms with Gasteiger partial charge in [-0.15, -0.1) is 0 Å². The van der Waals surface area contributed by atoms with Crippen molar-refractivity contribution in [3.8, 4) is 0 Å². The molecule has 0 aromatic heterocycles. The van der Waals surface area contributed by atoms with Crippen LogP contribution in [-0.4, -0.2) is 198 Å². The van der Waals surface area contributed by atoms with Crippen molar-refractivity contribution in [3.63, 3.8) is 0 Å². The van der Waals surface area contributed by atoms with Crippen LogP contribution >= 0.6 is 0 Å². The summed E-state index contributed by atoms with van der Waals surface area (Å²) in [5, 5.41) is 0. The summed E-state index contributed by atoms with van der Waals surface area (Å²) in [5.41, 5.74) is 0. The molecule has 0 aliphatic carbocycles. The minimum absolute atomic E-state index is 0.509. The van der Waals surface area contributed by atoms with E-state index in [0.717, 1.165) is 26.1 Å². The van der Waals surface area contributed by atoms with Gasteiger partial charge < -0.3 is 71.1 Å². The van der Waals surface area contributed by atoms with E-state index in [-0.39, 0.29) is 0 Å². The number of unbranched alkanes of at least 4 members (excludes halogenated alkanes) is 18. The van der Waals surface area contributed by atoms with Crippen LogP contribution in [-0.2, 0) is 71.1 Å². The highest BCUT2D eigenvalue weighted by Crippen LogP contribution is 2.11. The van der Waals surface area contributed by atoms with Gasteiger partial charge in [-0.2, -0.15) is 0 Å². The van der Waals surface area contributed by atoms with E-state index < -0.39 is 0 Å². The topological polar surface area (TPSA) is 138 Å². The van der Waals surface area contributed by atoms with Crippen molar-refractivity contribution < 1.29 is 71.1 Å². The van der Waals surface area contributed by atoms with E-state index in [9.17, 15) is 0 Å². The predicted octanol–water partition coefficient (Wildman–Crippen LogP) is 9.08. The standard InChI is InChI=1S/C52H106O15/c1-3-5-7-9-11-13-15-17-19-21-23-53-25-27-55-29-31-57-33-35-59-37-39-61-41-43-63-45-47-65-49-51-67-52-50-66-48-46-64-44-42-62-40-38-60-36-34-58-32-30-56-28-26-54-24-22-20-18-16-14-12-10-8-6-4-2/h3-52H2,1-2H3. The van der Waals surface area contributed by atoms with Gasteiger partial charge in [0.25, 0.3) is 0 Å². The molecule has 0 heterocycles. The van der Waals surface area contributed by atoms with Crippen LogP contribution in [0.3, 0.4) is 0 Å². The zero-order valence-corrected chi connectivity index (χ0v) is 43.5. The Bertz CT molecular complexity index is 770. The molecule has 0 rings (SSSR count). The summed E-state index contributed by atoms with van der Waals surface area (Å²) < 4.78 is 83.3. The maximum atomic E-state index is 5.66. The number of hydrogen-bond acceptors (Lipinski definition) is 15. The lowest BCUT2D eigenvalue weighted by Crippen LogP contribution is -2.15. The Balaban J connectivity index is 3.07. The highest BCUT2D eigenvalue weighted by atomic mass is 16.6. The SMILES string of the molecule is CCCCCCCCCCCCOCCOCCOCCOCCOCCOCCOCCOCCOCCOCCOCCOCCOCCOCCOCCCCCCCCCCCC. The van der Waals surface area contributed by atoms with Crippen molar-refractivity contribution in [2.45, 2.75) is 142 Å². The number of hydrogen-bond donors (Lipinski definition) is 0. The number of ether oxygens (including phenoxy) is 15. The second-order valence-electron chi connectivity index (χ2n) is 16.5. The monoisotopic (exact) mass is 971 g/mol. The second kappa shape index (κ2) is 65.4. The lowest BCUT2D eigenvalue weighted by Gasteiger charge is -2.09. The van der Waals surface area contributed by atoms with Gasteiger partial charge in [0.15, 0.2) is 0 Å². The molecule has 0 aromatic carbocycles. The maximum absolute atomic E-state index is 5.66. The fourth-order valence-electron chi connectivity index (χ4n) is 6.56. The minimum Gasteiger partial charge on any atom is -0.379 e. The smallest absolute Gasteiger partial charge is 0.0701 e. The van der Waals surface area contributed by atoms with Crippen molar-refractivity contribution in [2.75, 3.05) is 198 Å². The molecule has 67 heavy (non-hydrogen) atoms. The lowest BCUT2D eigenvalue weighted by molar-refractivity contribution is -0.0300. The molecular formula is C52H106O15. The van der Waals surface area contributed by atoms with Gasteiger partial charge in [-0.1, -0.05) is 129 Å². The average molecular weight is 971 g/mol. The van der Waals surface area contributed by atoms with E-state index in [2.05, 4.69) is 13.8 Å². The van der Waals surface area contributed by atoms with Crippen LogP contribution < -0.4 is 0 Å². The van der Waals surface area contributed by atoms with E-state index in [1.165, 1.54) is 116 Å². The maximum Gasteiger partial charge on any atom is 0.0701 e. The first-order valence-corrected chi connectivity index (χ1v) is 27.1. The molecule has 0 radical (unpaired) electrons. The lowest BCUT2D eigenvalue weighted by atomic mass is 10.1. The van der Waals surface area contributed by atoms with Gasteiger partial charge in [0, 0.05) is 13.2 Å². The molecule has 15 nitrogen and oxygen atoms in total. The van der Waals surface area contributed by atoms with Crippen LogP contribution in [0.1, 0.15) is 142 Å². The summed E-state index contributed by atoms with van der Waals surface area (Å²) in [5.74, 6) is 0. The zero-order chi connectivity index (χ0) is 48.0. The zero-order valence-electron chi connectivity index (χ0n) is 43.5. The van der Waals surface area contributed by atoms with E-state index in [1.54, 1.807) is 0 Å². The molecule has 0 aliphatic rings. The normalized spacial score (nSPS) is 11.7. The molecule has 0 atom stereocenters. The van der Waals surface area contributed by atoms with Crippen LogP contribution in [0.2, 0.25) is 0 Å². The molecule has 0 amide bonds. The van der Waals surface area contributed by atoms with Gasteiger partial charge in [-0.25, -0.2) is 0 Å². The van der Waals surface area contributed by atoms with Crippen molar-refractivity contribution >= 4 is 0 Å². The van der Waals surface area contributed by atoms with Gasteiger partial charge in [0.1, 0.15) is 0 Å². The van der Waals surface area contributed by atoms with Gasteiger partial charge in [0.05, 0.1) is 185 Å². The Hall–Kier alpha value is -0.600. The third-order valence-electron chi connectivity index (χ3n) is 10.5. The van der Waals surface area contributed by atoms with Crippen LogP contribution in [0, 0.1) is 0 Å². The van der Waals surface area contributed by atoms with Gasteiger partial charge in [-0.3, -0.25) is 0 Å². The average Bonchev–Trinajstić information content (AvgIpc) is 3.34. The molecule has 0 saturated heterocycles. The summed E-state index contributed by atoms with van der Waals surface area (Å²) in [7, 11) is 0. The van der Waals surface area contributed by atoms with Crippen molar-refractivity contribution in [1.82, 2.24) is 0 Å². The van der Waals surface area contributed by atoms with Crippen molar-refractivity contribution in [3.05, 3.63) is 0 Å². The molecule has 0 N–H and O–H groups in total. The molecule has 15 heteroatoms. The first-order valence-electron chi connectivity index (χ1n) is 27.1. The Morgan fingerprint density at radius 2 is 0.224 bits per heavy atom.